The molecular formula is C19H19N3O. The van der Waals surface area contributed by atoms with Gasteiger partial charge in [0.05, 0.1) is 24.2 Å². The van der Waals surface area contributed by atoms with E-state index in [1.54, 1.807) is 6.92 Å². The summed E-state index contributed by atoms with van der Waals surface area (Å²) in [6.07, 6.45) is 3.87. The summed E-state index contributed by atoms with van der Waals surface area (Å²) in [6.45, 7) is 5.53. The number of hydrogen-bond donors (Lipinski definition) is 0. The number of para-hydroxylation sites is 1. The molecule has 0 bridgehead atoms. The van der Waals surface area contributed by atoms with Gasteiger partial charge < -0.3 is 4.90 Å². The second-order valence-corrected chi connectivity index (χ2v) is 6.69. The molecule has 0 radical (unpaired) electrons. The highest BCUT2D eigenvalue weighted by atomic mass is 16.1. The van der Waals surface area contributed by atoms with Crippen molar-refractivity contribution in [2.75, 3.05) is 4.90 Å². The van der Waals surface area contributed by atoms with Gasteiger partial charge >= 0.3 is 0 Å². The van der Waals surface area contributed by atoms with Gasteiger partial charge in [0.15, 0.2) is 11.2 Å². The third kappa shape index (κ3) is 1.92. The Bertz CT molecular complexity index is 752. The first-order valence-electron chi connectivity index (χ1n) is 7.86. The third-order valence-electron chi connectivity index (χ3n) is 5.11. The van der Waals surface area contributed by atoms with E-state index in [-0.39, 0.29) is 17.6 Å². The summed E-state index contributed by atoms with van der Waals surface area (Å²) in [6, 6.07) is 11.5. The average Bonchev–Trinajstić information content (AvgIpc) is 2.86. The van der Waals surface area contributed by atoms with E-state index < -0.39 is 17.5 Å². The van der Waals surface area contributed by atoms with Gasteiger partial charge in [-0.3, -0.25) is 4.79 Å². The maximum absolute atomic E-state index is 12.5. The van der Waals surface area contributed by atoms with E-state index in [0.717, 1.165) is 11.3 Å². The maximum atomic E-state index is 12.5. The molecule has 0 aromatic heterocycles. The van der Waals surface area contributed by atoms with Gasteiger partial charge in [0.25, 0.3) is 0 Å². The van der Waals surface area contributed by atoms with Crippen molar-refractivity contribution in [2.24, 2.45) is 17.3 Å². The fourth-order valence-electron chi connectivity index (χ4n) is 4.26. The van der Waals surface area contributed by atoms with Gasteiger partial charge in [-0.2, -0.15) is 10.5 Å². The largest absolute Gasteiger partial charge is 0.351 e. The first-order chi connectivity index (χ1) is 11.0. The summed E-state index contributed by atoms with van der Waals surface area (Å²) in [4.78, 5) is 14.5. The van der Waals surface area contributed by atoms with Crippen LogP contribution in [0.4, 0.5) is 5.69 Å². The smallest absolute Gasteiger partial charge is 0.172 e. The number of carbonyl (C=O) groups is 1. The number of rotatable bonds is 2. The van der Waals surface area contributed by atoms with Crippen LogP contribution in [0.1, 0.15) is 26.3 Å². The predicted octanol–water partition coefficient (Wildman–Crippen LogP) is 3.17. The van der Waals surface area contributed by atoms with Crippen LogP contribution in [0.15, 0.2) is 30.3 Å². The van der Waals surface area contributed by atoms with Gasteiger partial charge in [-0.05, 0) is 24.5 Å². The van der Waals surface area contributed by atoms with Crippen molar-refractivity contribution in [3.05, 3.63) is 35.9 Å². The molecule has 1 fully saturated rings. The Balaban J connectivity index is 2.28. The fraction of sp³-hybridized carbons (Fsp3) is 0.421. The lowest BCUT2D eigenvalue weighted by Crippen LogP contribution is -2.44. The zero-order valence-electron chi connectivity index (χ0n) is 13.5. The monoisotopic (exact) mass is 305 g/mol. The van der Waals surface area contributed by atoms with Crippen LogP contribution in [0.3, 0.4) is 0 Å². The molecule has 4 nitrogen and oxygen atoms in total. The number of nitriles is 2. The molecule has 0 N–H and O–H groups in total. The SMILES string of the molecule is CC(=O)C1C(C(C)C)C(C#N)(C#N)C2C=Cc3ccccc3N12. The molecule has 116 valence electrons. The first kappa shape index (κ1) is 15.3. The molecule has 3 atom stereocenters. The minimum Gasteiger partial charge on any atom is -0.351 e. The Kier molecular flexibility index (Phi) is 3.49. The second-order valence-electron chi connectivity index (χ2n) is 6.69. The molecule has 2 aliphatic rings. The lowest BCUT2D eigenvalue weighted by Gasteiger charge is -2.35. The van der Waals surface area contributed by atoms with Crippen molar-refractivity contribution >= 4 is 17.5 Å². The Labute approximate surface area is 136 Å². The van der Waals surface area contributed by atoms with Crippen LogP contribution in [0.25, 0.3) is 6.08 Å². The summed E-state index contributed by atoms with van der Waals surface area (Å²) in [7, 11) is 0. The van der Waals surface area contributed by atoms with E-state index in [1.165, 1.54) is 0 Å². The molecule has 0 aliphatic carbocycles. The molecule has 0 saturated carbocycles. The minimum atomic E-state index is -1.21. The van der Waals surface area contributed by atoms with Crippen molar-refractivity contribution in [1.82, 2.24) is 0 Å². The van der Waals surface area contributed by atoms with E-state index in [9.17, 15) is 15.3 Å². The molecular weight excluding hydrogens is 286 g/mol. The number of fused-ring (bicyclic) bond motifs is 3. The van der Waals surface area contributed by atoms with E-state index in [1.807, 2.05) is 55.2 Å². The summed E-state index contributed by atoms with van der Waals surface area (Å²) in [5.74, 6) is -0.267. The van der Waals surface area contributed by atoms with Crippen molar-refractivity contribution in [1.29, 1.82) is 10.5 Å². The molecule has 1 aromatic carbocycles. The van der Waals surface area contributed by atoms with Crippen molar-refractivity contribution in [2.45, 2.75) is 32.9 Å². The number of anilines is 1. The molecule has 3 unspecified atom stereocenters. The Morgan fingerprint density at radius 3 is 2.48 bits per heavy atom. The Morgan fingerprint density at radius 2 is 1.91 bits per heavy atom. The quantitative estimate of drug-likeness (QED) is 0.841. The number of Topliss-reactive ketones (excluding diaryl/α,β-unsaturated/α-hetero) is 1. The van der Waals surface area contributed by atoms with Gasteiger partial charge in [-0.15, -0.1) is 0 Å². The summed E-state index contributed by atoms with van der Waals surface area (Å²) in [5, 5.41) is 19.8. The molecule has 4 heteroatoms. The van der Waals surface area contributed by atoms with Crippen LogP contribution < -0.4 is 4.90 Å². The molecule has 0 spiro atoms. The number of benzene rings is 1. The fourth-order valence-corrected chi connectivity index (χ4v) is 4.26. The molecule has 23 heavy (non-hydrogen) atoms. The van der Waals surface area contributed by atoms with Gasteiger partial charge in [0, 0.05) is 11.6 Å². The molecule has 1 saturated heterocycles. The van der Waals surface area contributed by atoms with E-state index in [0.29, 0.717) is 0 Å². The molecule has 2 heterocycles. The summed E-state index contributed by atoms with van der Waals surface area (Å²) < 4.78 is 0. The van der Waals surface area contributed by atoms with Crippen LogP contribution in [0.2, 0.25) is 0 Å². The topological polar surface area (TPSA) is 67.9 Å². The predicted molar refractivity (Wildman–Crippen MR) is 88.2 cm³/mol. The zero-order chi connectivity index (χ0) is 16.8. The molecule has 3 rings (SSSR count). The molecule has 0 amide bonds. The highest BCUT2D eigenvalue weighted by Crippen LogP contribution is 2.53. The van der Waals surface area contributed by atoms with Crippen LogP contribution in [-0.4, -0.2) is 17.9 Å². The third-order valence-corrected chi connectivity index (χ3v) is 5.11. The second kappa shape index (κ2) is 5.25. The Morgan fingerprint density at radius 1 is 1.26 bits per heavy atom. The first-order valence-corrected chi connectivity index (χ1v) is 7.86. The lowest BCUT2D eigenvalue weighted by atomic mass is 9.68. The average molecular weight is 305 g/mol. The van der Waals surface area contributed by atoms with E-state index >= 15 is 0 Å². The standard InChI is InChI=1S/C19H19N3O/c1-12(2)17-18(13(3)23)22-15-7-5-4-6-14(15)8-9-16(22)19(17,10-20)11-21/h4-9,12,16-18H,1-3H3. The van der Waals surface area contributed by atoms with Gasteiger partial charge in [0.2, 0.25) is 0 Å². The van der Waals surface area contributed by atoms with Crippen LogP contribution in [0.5, 0.6) is 0 Å². The number of hydrogen-bond acceptors (Lipinski definition) is 4. The van der Waals surface area contributed by atoms with Crippen LogP contribution in [0, 0.1) is 39.9 Å². The highest BCUT2D eigenvalue weighted by molar-refractivity contribution is 5.90. The van der Waals surface area contributed by atoms with Crippen LogP contribution >= 0.6 is 0 Å². The number of carbonyl (C=O) groups excluding carboxylic acids is 1. The van der Waals surface area contributed by atoms with Crippen LogP contribution in [-0.2, 0) is 4.79 Å². The summed E-state index contributed by atoms with van der Waals surface area (Å²) in [5.41, 5.74) is 0.733. The van der Waals surface area contributed by atoms with Crippen molar-refractivity contribution < 1.29 is 4.79 Å². The number of ketones is 1. The number of nitrogens with zero attached hydrogens (tertiary/aromatic N) is 3. The van der Waals surface area contributed by atoms with Crippen molar-refractivity contribution in [3.8, 4) is 12.1 Å². The van der Waals surface area contributed by atoms with Gasteiger partial charge in [-0.25, -0.2) is 0 Å². The molecule has 1 aromatic rings. The lowest BCUT2D eigenvalue weighted by molar-refractivity contribution is -0.119. The maximum Gasteiger partial charge on any atom is 0.172 e. The van der Waals surface area contributed by atoms with Gasteiger partial charge in [-0.1, -0.05) is 44.2 Å². The zero-order valence-corrected chi connectivity index (χ0v) is 13.5. The van der Waals surface area contributed by atoms with Crippen molar-refractivity contribution in [3.63, 3.8) is 0 Å². The Hall–Kier alpha value is -2.59. The van der Waals surface area contributed by atoms with E-state index in [2.05, 4.69) is 12.1 Å². The normalized spacial score (nSPS) is 27.0. The van der Waals surface area contributed by atoms with Gasteiger partial charge in [0.1, 0.15) is 0 Å². The summed E-state index contributed by atoms with van der Waals surface area (Å²) >= 11 is 0. The molecule has 2 aliphatic heterocycles. The van der Waals surface area contributed by atoms with E-state index in [4.69, 9.17) is 0 Å². The minimum absolute atomic E-state index is 0.00572. The highest BCUT2D eigenvalue weighted by Gasteiger charge is 2.62.